The van der Waals surface area contributed by atoms with Gasteiger partial charge in [0.2, 0.25) is 0 Å². The standard InChI is InChI=1S/C22H21BrClNO.ClH/c23-20-8-11-22(26-16-18-6-9-21(24)10-7-18)19(14-20)15-25-13-12-17-4-2-1-3-5-17;/h1-11,14,25H,12-13,15-16H2;1H. The van der Waals surface area contributed by atoms with Crippen LogP contribution >= 0.6 is 39.9 Å². The molecule has 5 heteroatoms. The minimum absolute atomic E-state index is 0. The molecule has 0 saturated carbocycles. The highest BCUT2D eigenvalue weighted by atomic mass is 79.9. The Morgan fingerprint density at radius 2 is 1.63 bits per heavy atom. The lowest BCUT2D eigenvalue weighted by molar-refractivity contribution is 0.302. The summed E-state index contributed by atoms with van der Waals surface area (Å²) in [6.07, 6.45) is 1.01. The van der Waals surface area contributed by atoms with Crippen LogP contribution in [0.4, 0.5) is 0 Å². The van der Waals surface area contributed by atoms with Gasteiger partial charge in [-0.2, -0.15) is 0 Å². The summed E-state index contributed by atoms with van der Waals surface area (Å²) in [5.74, 6) is 0.898. The molecule has 142 valence electrons. The van der Waals surface area contributed by atoms with E-state index in [2.05, 4.69) is 51.6 Å². The summed E-state index contributed by atoms with van der Waals surface area (Å²) in [4.78, 5) is 0. The number of ether oxygens (including phenoxy) is 1. The molecule has 0 bridgehead atoms. The van der Waals surface area contributed by atoms with Crippen molar-refractivity contribution in [2.45, 2.75) is 19.6 Å². The van der Waals surface area contributed by atoms with Gasteiger partial charge >= 0.3 is 0 Å². The van der Waals surface area contributed by atoms with Gasteiger partial charge in [-0.1, -0.05) is 70.0 Å². The highest BCUT2D eigenvalue weighted by Crippen LogP contribution is 2.24. The summed E-state index contributed by atoms with van der Waals surface area (Å²) in [6, 6.07) is 24.4. The van der Waals surface area contributed by atoms with Gasteiger partial charge in [0.1, 0.15) is 12.4 Å². The van der Waals surface area contributed by atoms with E-state index in [1.54, 1.807) is 0 Å². The first-order valence-corrected chi connectivity index (χ1v) is 9.78. The van der Waals surface area contributed by atoms with Crippen molar-refractivity contribution in [1.82, 2.24) is 5.32 Å². The number of nitrogens with one attached hydrogen (secondary N) is 1. The highest BCUT2D eigenvalue weighted by Gasteiger charge is 2.06. The smallest absolute Gasteiger partial charge is 0.124 e. The molecule has 0 spiro atoms. The number of hydrogen-bond donors (Lipinski definition) is 1. The first-order chi connectivity index (χ1) is 12.7. The van der Waals surface area contributed by atoms with Crippen LogP contribution in [-0.4, -0.2) is 6.54 Å². The first kappa shape index (κ1) is 21.8. The van der Waals surface area contributed by atoms with Crippen LogP contribution in [0, 0.1) is 0 Å². The molecule has 0 aliphatic carbocycles. The molecule has 27 heavy (non-hydrogen) atoms. The van der Waals surface area contributed by atoms with Crippen LogP contribution in [0.3, 0.4) is 0 Å². The molecule has 3 aromatic carbocycles. The van der Waals surface area contributed by atoms with E-state index in [0.29, 0.717) is 6.61 Å². The second-order valence-corrected chi connectivity index (χ2v) is 7.43. The second-order valence-electron chi connectivity index (χ2n) is 6.08. The van der Waals surface area contributed by atoms with E-state index in [4.69, 9.17) is 16.3 Å². The lowest BCUT2D eigenvalue weighted by atomic mass is 10.1. The van der Waals surface area contributed by atoms with Crippen molar-refractivity contribution < 1.29 is 4.74 Å². The summed E-state index contributed by atoms with van der Waals surface area (Å²) in [6.45, 7) is 2.21. The minimum atomic E-state index is 0. The third-order valence-electron chi connectivity index (χ3n) is 4.08. The monoisotopic (exact) mass is 465 g/mol. The fraction of sp³-hybridized carbons (Fsp3) is 0.182. The molecule has 0 amide bonds. The van der Waals surface area contributed by atoms with Crippen molar-refractivity contribution in [1.29, 1.82) is 0 Å². The maximum absolute atomic E-state index is 6.03. The van der Waals surface area contributed by atoms with Crippen LogP contribution in [0.1, 0.15) is 16.7 Å². The normalized spacial score (nSPS) is 10.3. The topological polar surface area (TPSA) is 21.3 Å². The van der Waals surface area contributed by atoms with Gasteiger partial charge in [0, 0.05) is 21.6 Å². The van der Waals surface area contributed by atoms with Gasteiger partial charge in [-0.15, -0.1) is 12.4 Å². The van der Waals surface area contributed by atoms with E-state index in [9.17, 15) is 0 Å². The van der Waals surface area contributed by atoms with Gasteiger partial charge in [0.05, 0.1) is 0 Å². The first-order valence-electron chi connectivity index (χ1n) is 8.61. The molecule has 3 rings (SSSR count). The molecule has 0 aliphatic rings. The Kier molecular flexibility index (Phi) is 9.16. The third-order valence-corrected chi connectivity index (χ3v) is 4.82. The zero-order valence-corrected chi connectivity index (χ0v) is 18.0. The SMILES string of the molecule is Cl.Clc1ccc(COc2ccc(Br)cc2CNCCc2ccccc2)cc1. The van der Waals surface area contributed by atoms with Crippen LogP contribution < -0.4 is 10.1 Å². The van der Waals surface area contributed by atoms with Crippen molar-refractivity contribution in [3.8, 4) is 5.75 Å². The summed E-state index contributed by atoms with van der Waals surface area (Å²) in [7, 11) is 0. The Hall–Kier alpha value is -1.52. The van der Waals surface area contributed by atoms with Gasteiger partial charge in [-0.05, 0) is 54.4 Å². The second kappa shape index (κ2) is 11.4. The molecule has 3 aromatic rings. The van der Waals surface area contributed by atoms with E-state index < -0.39 is 0 Å². The van der Waals surface area contributed by atoms with Crippen molar-refractivity contribution in [3.05, 3.63) is 99.0 Å². The zero-order valence-electron chi connectivity index (χ0n) is 14.8. The predicted octanol–water partition coefficient (Wildman–Crippen LogP) is 6.44. The van der Waals surface area contributed by atoms with Crippen LogP contribution in [-0.2, 0) is 19.6 Å². The summed E-state index contributed by atoms with van der Waals surface area (Å²) < 4.78 is 7.08. The summed E-state index contributed by atoms with van der Waals surface area (Å²) in [5.41, 5.74) is 3.58. The highest BCUT2D eigenvalue weighted by molar-refractivity contribution is 9.10. The van der Waals surface area contributed by atoms with Crippen molar-refractivity contribution in [2.24, 2.45) is 0 Å². The molecule has 0 unspecified atom stereocenters. The maximum atomic E-state index is 6.03. The minimum Gasteiger partial charge on any atom is -0.489 e. The Morgan fingerprint density at radius 3 is 2.37 bits per heavy atom. The predicted molar refractivity (Wildman–Crippen MR) is 119 cm³/mol. The average molecular weight is 467 g/mol. The van der Waals surface area contributed by atoms with E-state index >= 15 is 0 Å². The molecule has 0 radical (unpaired) electrons. The van der Waals surface area contributed by atoms with Gasteiger partial charge in [0.25, 0.3) is 0 Å². The lowest BCUT2D eigenvalue weighted by Gasteiger charge is -2.13. The molecular weight excluding hydrogens is 445 g/mol. The van der Waals surface area contributed by atoms with Crippen molar-refractivity contribution in [2.75, 3.05) is 6.54 Å². The number of halogens is 3. The fourth-order valence-electron chi connectivity index (χ4n) is 2.67. The van der Waals surface area contributed by atoms with Gasteiger partial charge in [0.15, 0.2) is 0 Å². The molecule has 2 nitrogen and oxygen atoms in total. The average Bonchev–Trinajstić information content (AvgIpc) is 2.67. The number of benzene rings is 3. The van der Waals surface area contributed by atoms with Gasteiger partial charge in [-0.25, -0.2) is 0 Å². The molecule has 0 aliphatic heterocycles. The number of hydrogen-bond acceptors (Lipinski definition) is 2. The largest absolute Gasteiger partial charge is 0.489 e. The Labute approximate surface area is 180 Å². The third kappa shape index (κ3) is 7.19. The Morgan fingerprint density at radius 1 is 0.889 bits per heavy atom. The van der Waals surface area contributed by atoms with E-state index in [-0.39, 0.29) is 12.4 Å². The molecule has 0 saturated heterocycles. The van der Waals surface area contributed by atoms with Crippen LogP contribution in [0.25, 0.3) is 0 Å². The van der Waals surface area contributed by atoms with Crippen LogP contribution in [0.5, 0.6) is 5.75 Å². The lowest BCUT2D eigenvalue weighted by Crippen LogP contribution is -2.17. The van der Waals surface area contributed by atoms with Crippen LogP contribution in [0.2, 0.25) is 5.02 Å². The summed E-state index contributed by atoms with van der Waals surface area (Å²) >= 11 is 9.48. The van der Waals surface area contributed by atoms with E-state index in [1.165, 1.54) is 5.56 Å². The Balaban J connectivity index is 0.00000261. The summed E-state index contributed by atoms with van der Waals surface area (Å²) in [5, 5.41) is 4.24. The Bertz CT molecular complexity index is 825. The molecular formula is C22H22BrCl2NO. The van der Waals surface area contributed by atoms with E-state index in [1.807, 2.05) is 42.5 Å². The van der Waals surface area contributed by atoms with Crippen LogP contribution in [0.15, 0.2) is 77.3 Å². The zero-order chi connectivity index (χ0) is 18.2. The van der Waals surface area contributed by atoms with Gasteiger partial charge < -0.3 is 10.1 Å². The molecule has 0 atom stereocenters. The molecule has 1 N–H and O–H groups in total. The maximum Gasteiger partial charge on any atom is 0.124 e. The molecule has 0 fully saturated rings. The van der Waals surface area contributed by atoms with Gasteiger partial charge in [-0.3, -0.25) is 0 Å². The number of rotatable bonds is 8. The van der Waals surface area contributed by atoms with Crippen molar-refractivity contribution in [3.63, 3.8) is 0 Å². The molecule has 0 aromatic heterocycles. The quantitative estimate of drug-likeness (QED) is 0.386. The molecule has 0 heterocycles. The van der Waals surface area contributed by atoms with Crippen molar-refractivity contribution >= 4 is 39.9 Å². The fourth-order valence-corrected chi connectivity index (χ4v) is 3.20. The van der Waals surface area contributed by atoms with E-state index in [0.717, 1.165) is 45.9 Å².